The number of nitrogens with one attached hydrogen (secondary N) is 1. The van der Waals surface area contributed by atoms with Gasteiger partial charge in [-0.05, 0) is 7.05 Å². The molecule has 1 rings (SSSR count). The smallest absolute Gasteiger partial charge is 0.144 e. The van der Waals surface area contributed by atoms with E-state index in [4.69, 9.17) is 5.53 Å². The van der Waals surface area contributed by atoms with E-state index < -0.39 is 0 Å². The second kappa shape index (κ2) is 2.74. The summed E-state index contributed by atoms with van der Waals surface area (Å²) in [5.41, 5.74) is 6.52. The normalized spacial score (nSPS) is 24.2. The second-order valence-electron chi connectivity index (χ2n) is 2.47. The summed E-state index contributed by atoms with van der Waals surface area (Å²) in [5, 5.41) is 6.62. The molecule has 1 saturated heterocycles. The summed E-state index contributed by atoms with van der Waals surface area (Å²) in [6.07, 6.45) is 0. The quantitative estimate of drug-likeness (QED) is 0.418. The zero-order valence-electron chi connectivity index (χ0n) is 6.20. The Bertz CT molecular complexity index is 163. The van der Waals surface area contributed by atoms with Crippen molar-refractivity contribution in [2.75, 3.05) is 27.3 Å². The van der Waals surface area contributed by atoms with Crippen molar-refractivity contribution in [3.05, 3.63) is 0 Å². The Morgan fingerprint density at radius 3 is 2.60 bits per heavy atom. The molecule has 1 fully saturated rings. The Labute approximate surface area is 59.8 Å². The van der Waals surface area contributed by atoms with Crippen molar-refractivity contribution in [2.24, 2.45) is 10.3 Å². The molecule has 0 aromatic heterocycles. The average molecular weight is 141 g/mol. The number of amidine groups is 1. The Kier molecular flexibility index (Phi) is 1.96. The molecule has 0 unspecified atom stereocenters. The van der Waals surface area contributed by atoms with Gasteiger partial charge in [-0.1, -0.05) is 5.22 Å². The first-order valence-electron chi connectivity index (χ1n) is 3.07. The highest BCUT2D eigenvalue weighted by Gasteiger charge is 2.18. The van der Waals surface area contributed by atoms with Gasteiger partial charge in [0.25, 0.3) is 0 Å². The highest BCUT2D eigenvalue weighted by atomic mass is 15.4. The van der Waals surface area contributed by atoms with Gasteiger partial charge in [-0.15, -0.1) is 5.10 Å². The molecule has 0 aromatic rings. The van der Waals surface area contributed by atoms with Gasteiger partial charge in [-0.3, -0.25) is 4.90 Å². The van der Waals surface area contributed by atoms with Gasteiger partial charge in [0.05, 0.1) is 13.2 Å². The van der Waals surface area contributed by atoms with E-state index in [0.717, 1.165) is 19.0 Å². The molecular formula is C5H11N5. The maximum Gasteiger partial charge on any atom is 0.144 e. The lowest BCUT2D eigenvalue weighted by atomic mass is 10.6. The van der Waals surface area contributed by atoms with Crippen LogP contribution in [0, 0.1) is 5.53 Å². The maximum absolute atomic E-state index is 6.52. The van der Waals surface area contributed by atoms with Crippen LogP contribution >= 0.6 is 0 Å². The van der Waals surface area contributed by atoms with Crippen LogP contribution in [0.1, 0.15) is 0 Å². The van der Waals surface area contributed by atoms with E-state index in [1.54, 1.807) is 0 Å². The van der Waals surface area contributed by atoms with Gasteiger partial charge in [-0.2, -0.15) is 5.53 Å². The van der Waals surface area contributed by atoms with Gasteiger partial charge in [0.2, 0.25) is 0 Å². The monoisotopic (exact) mass is 141 g/mol. The number of likely N-dealkylation sites (N-methyl/N-ethyl adjacent to an activating group) is 2. The van der Waals surface area contributed by atoms with Gasteiger partial charge in [-0.25, -0.2) is 0 Å². The summed E-state index contributed by atoms with van der Waals surface area (Å²) in [4.78, 5) is 4.07. The number of nitrogens with zero attached hydrogens (tertiary/aromatic N) is 4. The summed E-state index contributed by atoms with van der Waals surface area (Å²) in [7, 11) is 3.94. The zero-order valence-corrected chi connectivity index (χ0v) is 6.20. The fourth-order valence-electron chi connectivity index (χ4n) is 1.02. The number of rotatable bonds is 1. The molecule has 0 aliphatic carbocycles. The molecular weight excluding hydrogens is 130 g/mol. The van der Waals surface area contributed by atoms with Crippen LogP contribution in [0.3, 0.4) is 0 Å². The molecule has 0 bridgehead atoms. The minimum atomic E-state index is 0.791. The molecule has 1 N–H and O–H groups in total. The highest BCUT2D eigenvalue weighted by Crippen LogP contribution is 2.01. The molecule has 0 radical (unpaired) electrons. The van der Waals surface area contributed by atoms with E-state index in [2.05, 4.69) is 15.2 Å². The largest absolute Gasteiger partial charge is 0.347 e. The van der Waals surface area contributed by atoms with Crippen molar-refractivity contribution in [3.63, 3.8) is 0 Å². The standard InChI is InChI=1S/C5H11N5/c1-9-3-5(7-8-6)10(2)4-9/h6H,3-4H2,1-2H3/b7-5-,8-6?. The summed E-state index contributed by atoms with van der Waals surface area (Å²) in [5.74, 6) is 0.859. The van der Waals surface area contributed by atoms with Crippen LogP contribution in [0.2, 0.25) is 0 Å². The Balaban J connectivity index is 2.62. The third-order valence-electron chi connectivity index (χ3n) is 1.47. The van der Waals surface area contributed by atoms with Crippen LogP contribution in [0.25, 0.3) is 0 Å². The fourth-order valence-corrected chi connectivity index (χ4v) is 1.02. The molecule has 1 aliphatic heterocycles. The fraction of sp³-hybridized carbons (Fsp3) is 0.800. The second-order valence-corrected chi connectivity index (χ2v) is 2.47. The van der Waals surface area contributed by atoms with Gasteiger partial charge in [0, 0.05) is 7.05 Å². The van der Waals surface area contributed by atoms with Crippen molar-refractivity contribution in [1.82, 2.24) is 9.80 Å². The van der Waals surface area contributed by atoms with Crippen molar-refractivity contribution >= 4 is 5.84 Å². The maximum atomic E-state index is 6.52. The van der Waals surface area contributed by atoms with Crippen molar-refractivity contribution in [3.8, 4) is 0 Å². The Morgan fingerprint density at radius 1 is 1.50 bits per heavy atom. The first-order valence-corrected chi connectivity index (χ1v) is 3.07. The summed E-state index contributed by atoms with van der Waals surface area (Å²) < 4.78 is 0. The summed E-state index contributed by atoms with van der Waals surface area (Å²) in [6.45, 7) is 1.66. The molecule has 0 aromatic carbocycles. The molecule has 1 heterocycles. The predicted molar refractivity (Wildman–Crippen MR) is 37.8 cm³/mol. The molecule has 0 amide bonds. The lowest BCUT2D eigenvalue weighted by Crippen LogP contribution is -2.20. The van der Waals surface area contributed by atoms with E-state index in [0.29, 0.717) is 0 Å². The predicted octanol–water partition coefficient (Wildman–Crippen LogP) is 0.166. The van der Waals surface area contributed by atoms with Crippen LogP contribution in [-0.4, -0.2) is 42.9 Å². The summed E-state index contributed by atoms with van der Waals surface area (Å²) >= 11 is 0. The average Bonchev–Trinajstić information content (AvgIpc) is 2.13. The first kappa shape index (κ1) is 7.14. The van der Waals surface area contributed by atoms with Crippen molar-refractivity contribution in [2.45, 2.75) is 0 Å². The van der Waals surface area contributed by atoms with Crippen LogP contribution in [0.15, 0.2) is 10.3 Å². The third-order valence-corrected chi connectivity index (χ3v) is 1.47. The molecule has 0 spiro atoms. The molecule has 5 nitrogen and oxygen atoms in total. The first-order chi connectivity index (χ1) is 4.74. The molecule has 10 heavy (non-hydrogen) atoms. The van der Waals surface area contributed by atoms with Gasteiger partial charge in [0.15, 0.2) is 0 Å². The van der Waals surface area contributed by atoms with E-state index in [1.807, 2.05) is 19.0 Å². The van der Waals surface area contributed by atoms with Crippen LogP contribution in [-0.2, 0) is 0 Å². The minimum Gasteiger partial charge on any atom is -0.347 e. The van der Waals surface area contributed by atoms with E-state index in [-0.39, 0.29) is 0 Å². The van der Waals surface area contributed by atoms with Gasteiger partial charge < -0.3 is 4.90 Å². The Hall–Kier alpha value is -0.970. The number of hydrogen-bond acceptors (Lipinski definition) is 3. The topological polar surface area (TPSA) is 55.1 Å². The molecule has 5 heteroatoms. The SMILES string of the molecule is CN1C/C(=N/N=N)N(C)C1. The molecule has 1 aliphatic rings. The van der Waals surface area contributed by atoms with Crippen LogP contribution in [0.5, 0.6) is 0 Å². The highest BCUT2D eigenvalue weighted by molar-refractivity contribution is 5.85. The van der Waals surface area contributed by atoms with Crippen molar-refractivity contribution in [1.29, 1.82) is 5.53 Å². The lowest BCUT2D eigenvalue weighted by Gasteiger charge is -2.08. The summed E-state index contributed by atoms with van der Waals surface area (Å²) in [6, 6.07) is 0. The minimum absolute atomic E-state index is 0.791. The van der Waals surface area contributed by atoms with E-state index in [9.17, 15) is 0 Å². The Morgan fingerprint density at radius 2 is 2.20 bits per heavy atom. The molecule has 0 atom stereocenters. The zero-order chi connectivity index (χ0) is 7.56. The van der Waals surface area contributed by atoms with Gasteiger partial charge in [0.1, 0.15) is 5.84 Å². The van der Waals surface area contributed by atoms with Crippen molar-refractivity contribution < 1.29 is 0 Å². The third kappa shape index (κ3) is 1.30. The van der Waals surface area contributed by atoms with E-state index in [1.165, 1.54) is 0 Å². The number of hydrogen-bond donors (Lipinski definition) is 1. The lowest BCUT2D eigenvalue weighted by molar-refractivity contribution is 0.334. The van der Waals surface area contributed by atoms with Crippen LogP contribution in [0.4, 0.5) is 0 Å². The molecule has 56 valence electrons. The molecule has 0 saturated carbocycles. The van der Waals surface area contributed by atoms with Gasteiger partial charge >= 0.3 is 0 Å². The van der Waals surface area contributed by atoms with Crippen LogP contribution < -0.4 is 0 Å². The van der Waals surface area contributed by atoms with E-state index >= 15 is 0 Å².